The predicted octanol–water partition coefficient (Wildman–Crippen LogP) is 2.16. The number of methoxy groups -OCH3 is 2. The third-order valence-electron chi connectivity index (χ3n) is 3.84. The molecule has 0 aliphatic heterocycles. The second-order valence-corrected chi connectivity index (χ2v) is 4.59. The lowest BCUT2D eigenvalue weighted by Gasteiger charge is -2.22. The Kier molecular flexibility index (Phi) is 2.05. The molecule has 0 spiro atoms. The van der Waals surface area contributed by atoms with Crippen LogP contribution in [0.3, 0.4) is 0 Å². The predicted molar refractivity (Wildman–Crippen MR) is 63.2 cm³/mol. The Morgan fingerprint density at radius 2 is 2.24 bits per heavy atom. The van der Waals surface area contributed by atoms with Crippen molar-refractivity contribution in [1.82, 2.24) is 0 Å². The number of allylic oxidation sites excluding steroid dienone is 1. The lowest BCUT2D eigenvalue weighted by atomic mass is 9.82. The van der Waals surface area contributed by atoms with Gasteiger partial charge in [0.1, 0.15) is 11.2 Å². The fourth-order valence-electron chi connectivity index (χ4n) is 3.00. The van der Waals surface area contributed by atoms with Gasteiger partial charge in [0, 0.05) is 5.92 Å². The Morgan fingerprint density at radius 3 is 2.94 bits per heavy atom. The third kappa shape index (κ3) is 1.19. The highest BCUT2D eigenvalue weighted by Crippen LogP contribution is 2.53. The Bertz CT molecular complexity index is 518. The molecule has 0 N–H and O–H groups in total. The van der Waals surface area contributed by atoms with Crippen molar-refractivity contribution in [3.05, 3.63) is 41.5 Å². The van der Waals surface area contributed by atoms with Gasteiger partial charge in [0.2, 0.25) is 0 Å². The van der Waals surface area contributed by atoms with Crippen molar-refractivity contribution in [2.45, 2.75) is 17.8 Å². The van der Waals surface area contributed by atoms with Crippen LogP contribution in [0.15, 0.2) is 30.4 Å². The van der Waals surface area contributed by atoms with E-state index in [-0.39, 0.29) is 5.97 Å². The first-order valence-corrected chi connectivity index (χ1v) is 5.67. The standard InChI is InChI=1S/C14H14O3/c1-16-10-3-4-12-11(7-10)9-5-6-14(12,8-9)13(15)17-2/h3-7,9H,8H2,1-2H3/t9-,14-/m0/s1. The zero-order chi connectivity index (χ0) is 12.0. The molecule has 0 radical (unpaired) electrons. The van der Waals surface area contributed by atoms with Crippen LogP contribution in [0.5, 0.6) is 5.75 Å². The largest absolute Gasteiger partial charge is 0.497 e. The minimum absolute atomic E-state index is 0.167. The zero-order valence-corrected chi connectivity index (χ0v) is 9.90. The van der Waals surface area contributed by atoms with E-state index in [0.717, 1.165) is 17.7 Å². The van der Waals surface area contributed by atoms with Crippen LogP contribution in [-0.4, -0.2) is 20.2 Å². The molecule has 0 unspecified atom stereocenters. The van der Waals surface area contributed by atoms with Crippen LogP contribution in [-0.2, 0) is 14.9 Å². The van der Waals surface area contributed by atoms with E-state index in [4.69, 9.17) is 9.47 Å². The third-order valence-corrected chi connectivity index (χ3v) is 3.84. The zero-order valence-electron chi connectivity index (χ0n) is 9.90. The number of carbonyl (C=O) groups excluding carboxylic acids is 1. The summed E-state index contributed by atoms with van der Waals surface area (Å²) in [7, 11) is 3.10. The highest BCUT2D eigenvalue weighted by atomic mass is 16.5. The van der Waals surface area contributed by atoms with Crippen LogP contribution in [0.25, 0.3) is 0 Å². The summed E-state index contributed by atoms with van der Waals surface area (Å²) in [4.78, 5) is 12.0. The van der Waals surface area contributed by atoms with Crippen LogP contribution in [0.1, 0.15) is 23.5 Å². The van der Waals surface area contributed by atoms with Gasteiger partial charge in [0.05, 0.1) is 14.2 Å². The monoisotopic (exact) mass is 230 g/mol. The van der Waals surface area contributed by atoms with Crippen molar-refractivity contribution in [3.8, 4) is 5.75 Å². The highest BCUT2D eigenvalue weighted by molar-refractivity contribution is 5.89. The van der Waals surface area contributed by atoms with Gasteiger partial charge < -0.3 is 9.47 Å². The first-order valence-electron chi connectivity index (χ1n) is 5.67. The lowest BCUT2D eigenvalue weighted by Crippen LogP contribution is -2.31. The number of esters is 1. The normalized spacial score (nSPS) is 28.0. The smallest absolute Gasteiger partial charge is 0.320 e. The Balaban J connectivity index is 2.14. The summed E-state index contributed by atoms with van der Waals surface area (Å²) in [6, 6.07) is 5.90. The minimum atomic E-state index is -0.555. The van der Waals surface area contributed by atoms with Gasteiger partial charge in [-0.2, -0.15) is 0 Å². The van der Waals surface area contributed by atoms with Crippen LogP contribution in [0.4, 0.5) is 0 Å². The number of carbonyl (C=O) groups is 1. The van der Waals surface area contributed by atoms with E-state index in [1.54, 1.807) is 7.11 Å². The molecule has 0 saturated carbocycles. The lowest BCUT2D eigenvalue weighted by molar-refractivity contribution is -0.145. The van der Waals surface area contributed by atoms with E-state index >= 15 is 0 Å². The first kappa shape index (κ1) is 10.4. The van der Waals surface area contributed by atoms with Crippen molar-refractivity contribution >= 4 is 5.97 Å². The SMILES string of the molecule is COC(=O)[C@@]12C=C[C@@H](C1)c1cc(OC)ccc12. The van der Waals surface area contributed by atoms with Gasteiger partial charge in [0.25, 0.3) is 0 Å². The van der Waals surface area contributed by atoms with E-state index in [9.17, 15) is 4.79 Å². The van der Waals surface area contributed by atoms with Gasteiger partial charge in [-0.3, -0.25) is 4.79 Å². The van der Waals surface area contributed by atoms with Crippen molar-refractivity contribution < 1.29 is 14.3 Å². The molecule has 0 saturated heterocycles. The summed E-state index contributed by atoms with van der Waals surface area (Å²) in [5.41, 5.74) is 1.70. The Labute approximate surface area is 100 Å². The van der Waals surface area contributed by atoms with Gasteiger partial charge in [-0.05, 0) is 29.7 Å². The van der Waals surface area contributed by atoms with Crippen LogP contribution >= 0.6 is 0 Å². The van der Waals surface area contributed by atoms with E-state index in [2.05, 4.69) is 6.08 Å². The van der Waals surface area contributed by atoms with Crippen LogP contribution in [0.2, 0.25) is 0 Å². The summed E-state index contributed by atoms with van der Waals surface area (Å²) in [6.07, 6.45) is 4.87. The minimum Gasteiger partial charge on any atom is -0.497 e. The maximum atomic E-state index is 12.0. The molecule has 0 heterocycles. The topological polar surface area (TPSA) is 35.5 Å². The Morgan fingerprint density at radius 1 is 1.41 bits per heavy atom. The summed E-state index contributed by atoms with van der Waals surface area (Å²) < 4.78 is 10.2. The number of benzene rings is 1. The van der Waals surface area contributed by atoms with E-state index in [0.29, 0.717) is 5.92 Å². The molecule has 0 aromatic heterocycles. The quantitative estimate of drug-likeness (QED) is 0.577. The molecule has 0 amide bonds. The molecule has 3 rings (SSSR count). The molecular formula is C14H14O3. The number of rotatable bonds is 2. The summed E-state index contributed by atoms with van der Waals surface area (Å²) in [6.45, 7) is 0. The molecule has 2 aliphatic carbocycles. The highest BCUT2D eigenvalue weighted by Gasteiger charge is 2.51. The van der Waals surface area contributed by atoms with Crippen molar-refractivity contribution in [2.24, 2.45) is 0 Å². The average molecular weight is 230 g/mol. The molecule has 1 aromatic rings. The molecule has 0 fully saturated rings. The van der Waals surface area contributed by atoms with Crippen LogP contribution < -0.4 is 4.74 Å². The van der Waals surface area contributed by atoms with E-state index in [1.165, 1.54) is 12.7 Å². The number of ether oxygens (including phenoxy) is 2. The molecule has 17 heavy (non-hydrogen) atoms. The molecule has 88 valence electrons. The fraction of sp³-hybridized carbons (Fsp3) is 0.357. The summed E-state index contributed by atoms with van der Waals surface area (Å²) >= 11 is 0. The maximum Gasteiger partial charge on any atom is 0.320 e. The number of hydrogen-bond donors (Lipinski definition) is 0. The summed E-state index contributed by atoms with van der Waals surface area (Å²) in [5, 5.41) is 0. The average Bonchev–Trinajstić information content (AvgIpc) is 2.95. The van der Waals surface area contributed by atoms with Crippen LogP contribution in [0, 0.1) is 0 Å². The van der Waals surface area contributed by atoms with Gasteiger partial charge in [-0.15, -0.1) is 0 Å². The fourth-order valence-corrected chi connectivity index (χ4v) is 3.00. The molecular weight excluding hydrogens is 216 g/mol. The van der Waals surface area contributed by atoms with Crippen molar-refractivity contribution in [1.29, 1.82) is 0 Å². The van der Waals surface area contributed by atoms with E-state index in [1.807, 2.05) is 24.3 Å². The number of fused-ring (bicyclic) bond motifs is 5. The second kappa shape index (κ2) is 3.36. The maximum absolute atomic E-state index is 12.0. The molecule has 2 atom stereocenters. The molecule has 2 aliphatic rings. The second-order valence-electron chi connectivity index (χ2n) is 4.59. The van der Waals surface area contributed by atoms with Gasteiger partial charge in [-0.25, -0.2) is 0 Å². The first-order chi connectivity index (χ1) is 8.21. The molecule has 3 nitrogen and oxygen atoms in total. The molecule has 2 bridgehead atoms. The van der Waals surface area contributed by atoms with Gasteiger partial charge >= 0.3 is 5.97 Å². The van der Waals surface area contributed by atoms with Crippen molar-refractivity contribution in [3.63, 3.8) is 0 Å². The molecule has 1 aromatic carbocycles. The van der Waals surface area contributed by atoms with Gasteiger partial charge in [0.15, 0.2) is 0 Å². The number of hydrogen-bond acceptors (Lipinski definition) is 3. The summed E-state index contributed by atoms with van der Waals surface area (Å²) in [5.74, 6) is 0.990. The van der Waals surface area contributed by atoms with E-state index < -0.39 is 5.41 Å². The van der Waals surface area contributed by atoms with Crippen molar-refractivity contribution in [2.75, 3.05) is 14.2 Å². The van der Waals surface area contributed by atoms with Gasteiger partial charge in [-0.1, -0.05) is 18.2 Å². The molecule has 3 heteroatoms. The Hall–Kier alpha value is -1.77.